The van der Waals surface area contributed by atoms with Crippen LogP contribution in [0.5, 0.6) is 17.2 Å². The van der Waals surface area contributed by atoms with Gasteiger partial charge < -0.3 is 19.3 Å². The monoisotopic (exact) mass is 294 g/mol. The number of halogens is 2. The van der Waals surface area contributed by atoms with Crippen molar-refractivity contribution in [3.05, 3.63) is 53.6 Å². The molecule has 0 saturated carbocycles. The van der Waals surface area contributed by atoms with Crippen LogP contribution in [-0.4, -0.2) is 18.5 Å². The molecule has 110 valence electrons. The van der Waals surface area contributed by atoms with Crippen LogP contribution in [-0.2, 0) is 0 Å². The molecule has 0 bridgehead atoms. The van der Waals surface area contributed by atoms with Crippen molar-refractivity contribution in [2.75, 3.05) is 13.4 Å². The lowest BCUT2D eigenvalue weighted by molar-refractivity contribution is 0.103. The minimum Gasteiger partial charge on any atom is -0.484 e. The highest BCUT2D eigenvalue weighted by Crippen LogP contribution is 2.34. The van der Waals surface area contributed by atoms with Crippen LogP contribution in [0.4, 0.5) is 8.78 Å². The maximum atomic E-state index is 13.4. The van der Waals surface area contributed by atoms with Crippen molar-refractivity contribution >= 4 is 0 Å². The Morgan fingerprint density at radius 3 is 2.57 bits per heavy atom. The number of fused-ring (bicyclic) bond motifs is 1. The summed E-state index contributed by atoms with van der Waals surface area (Å²) in [5.74, 6) is -1.02. The van der Waals surface area contributed by atoms with Crippen LogP contribution in [0.3, 0.4) is 0 Å². The Morgan fingerprint density at radius 1 is 1.10 bits per heavy atom. The molecule has 6 heteroatoms. The first-order chi connectivity index (χ1) is 10.1. The standard InChI is InChI=1S/C15H12F2O4/c16-10-2-1-3-11(17)15(10)19-7-12(18)9-4-5-13-14(6-9)21-8-20-13/h1-6,12,18H,7-8H2. The minimum absolute atomic E-state index is 0.131. The van der Waals surface area contributed by atoms with Crippen molar-refractivity contribution in [3.63, 3.8) is 0 Å². The third kappa shape index (κ3) is 2.75. The van der Waals surface area contributed by atoms with E-state index in [1.807, 2.05) is 0 Å². The molecule has 0 amide bonds. The van der Waals surface area contributed by atoms with E-state index in [4.69, 9.17) is 14.2 Å². The van der Waals surface area contributed by atoms with Crippen molar-refractivity contribution in [1.29, 1.82) is 0 Å². The summed E-state index contributed by atoms with van der Waals surface area (Å²) in [5.41, 5.74) is 0.510. The quantitative estimate of drug-likeness (QED) is 0.942. The summed E-state index contributed by atoms with van der Waals surface area (Å²) < 4.78 is 42.2. The third-order valence-electron chi connectivity index (χ3n) is 3.09. The Labute approximate surface area is 119 Å². The lowest BCUT2D eigenvalue weighted by Gasteiger charge is -2.14. The van der Waals surface area contributed by atoms with Gasteiger partial charge in [-0.2, -0.15) is 0 Å². The molecule has 0 aromatic heterocycles. The van der Waals surface area contributed by atoms with E-state index in [0.717, 1.165) is 12.1 Å². The first kappa shape index (κ1) is 13.6. The van der Waals surface area contributed by atoms with Gasteiger partial charge in [-0.25, -0.2) is 8.78 Å². The van der Waals surface area contributed by atoms with Crippen LogP contribution in [0.2, 0.25) is 0 Å². The maximum Gasteiger partial charge on any atom is 0.231 e. The average molecular weight is 294 g/mol. The van der Waals surface area contributed by atoms with Gasteiger partial charge in [0.15, 0.2) is 28.9 Å². The lowest BCUT2D eigenvalue weighted by Crippen LogP contribution is -2.11. The number of ether oxygens (including phenoxy) is 3. The summed E-state index contributed by atoms with van der Waals surface area (Å²) >= 11 is 0. The Bertz CT molecular complexity index is 640. The number of aliphatic hydroxyl groups is 1. The van der Waals surface area contributed by atoms with E-state index in [0.29, 0.717) is 17.1 Å². The zero-order valence-corrected chi connectivity index (χ0v) is 10.9. The summed E-state index contributed by atoms with van der Waals surface area (Å²) in [5, 5.41) is 10.0. The van der Waals surface area contributed by atoms with Gasteiger partial charge in [0.05, 0.1) is 0 Å². The van der Waals surface area contributed by atoms with Gasteiger partial charge in [-0.15, -0.1) is 0 Å². The second-order valence-electron chi connectivity index (χ2n) is 4.49. The molecule has 1 N–H and O–H groups in total. The summed E-state index contributed by atoms with van der Waals surface area (Å²) in [6.45, 7) is -0.149. The van der Waals surface area contributed by atoms with Crippen LogP contribution in [0.15, 0.2) is 36.4 Å². The molecule has 2 aromatic rings. The highest BCUT2D eigenvalue weighted by Gasteiger charge is 2.18. The lowest BCUT2D eigenvalue weighted by atomic mass is 10.1. The fourth-order valence-corrected chi connectivity index (χ4v) is 2.00. The number of hydrogen-bond acceptors (Lipinski definition) is 4. The molecule has 0 aliphatic carbocycles. The zero-order valence-electron chi connectivity index (χ0n) is 10.9. The molecule has 1 aliphatic heterocycles. The first-order valence-electron chi connectivity index (χ1n) is 6.29. The Hall–Kier alpha value is -2.34. The van der Waals surface area contributed by atoms with Gasteiger partial charge in [0.2, 0.25) is 6.79 Å². The van der Waals surface area contributed by atoms with Crippen LogP contribution in [0, 0.1) is 11.6 Å². The molecular formula is C15H12F2O4. The van der Waals surface area contributed by atoms with Gasteiger partial charge in [0.1, 0.15) is 12.7 Å². The van der Waals surface area contributed by atoms with Crippen LogP contribution < -0.4 is 14.2 Å². The average Bonchev–Trinajstić information content (AvgIpc) is 2.93. The largest absolute Gasteiger partial charge is 0.484 e. The number of aliphatic hydroxyl groups excluding tert-OH is 1. The van der Waals surface area contributed by atoms with E-state index >= 15 is 0 Å². The van der Waals surface area contributed by atoms with Crippen LogP contribution in [0.1, 0.15) is 11.7 Å². The number of rotatable bonds is 4. The summed E-state index contributed by atoms with van der Waals surface area (Å²) in [6, 6.07) is 8.32. The van der Waals surface area contributed by atoms with E-state index in [1.54, 1.807) is 18.2 Å². The summed E-state index contributed by atoms with van der Waals surface area (Å²) in [6.07, 6.45) is -1.04. The van der Waals surface area contributed by atoms with Gasteiger partial charge in [-0.1, -0.05) is 12.1 Å². The topological polar surface area (TPSA) is 47.9 Å². The maximum absolute atomic E-state index is 13.4. The second-order valence-corrected chi connectivity index (χ2v) is 4.49. The molecule has 1 unspecified atom stereocenters. The molecule has 0 saturated heterocycles. The van der Waals surface area contributed by atoms with Crippen LogP contribution >= 0.6 is 0 Å². The number of benzene rings is 2. The van der Waals surface area contributed by atoms with Crippen molar-refractivity contribution in [2.24, 2.45) is 0 Å². The normalized spacial score (nSPS) is 14.0. The van der Waals surface area contributed by atoms with Crippen molar-refractivity contribution in [3.8, 4) is 17.2 Å². The molecule has 2 aromatic carbocycles. The smallest absolute Gasteiger partial charge is 0.231 e. The Morgan fingerprint density at radius 2 is 1.81 bits per heavy atom. The first-order valence-corrected chi connectivity index (χ1v) is 6.29. The molecular weight excluding hydrogens is 282 g/mol. The fourth-order valence-electron chi connectivity index (χ4n) is 2.00. The SMILES string of the molecule is OC(COc1c(F)cccc1F)c1ccc2c(c1)OCO2. The van der Waals surface area contributed by atoms with Gasteiger partial charge in [-0.3, -0.25) is 0 Å². The molecule has 0 spiro atoms. The van der Waals surface area contributed by atoms with Gasteiger partial charge >= 0.3 is 0 Å². The number of para-hydroxylation sites is 1. The van der Waals surface area contributed by atoms with E-state index in [-0.39, 0.29) is 13.4 Å². The fraction of sp³-hybridized carbons (Fsp3) is 0.200. The predicted molar refractivity (Wildman–Crippen MR) is 69.4 cm³/mol. The number of hydrogen-bond donors (Lipinski definition) is 1. The minimum atomic E-state index is -1.04. The predicted octanol–water partition coefficient (Wildman–Crippen LogP) is 2.81. The Balaban J connectivity index is 1.70. The molecule has 1 aliphatic rings. The zero-order chi connectivity index (χ0) is 14.8. The highest BCUT2D eigenvalue weighted by atomic mass is 19.1. The van der Waals surface area contributed by atoms with Gasteiger partial charge in [-0.05, 0) is 29.8 Å². The third-order valence-corrected chi connectivity index (χ3v) is 3.09. The van der Waals surface area contributed by atoms with E-state index in [1.165, 1.54) is 6.07 Å². The van der Waals surface area contributed by atoms with E-state index < -0.39 is 23.5 Å². The summed E-state index contributed by atoms with van der Waals surface area (Å²) in [4.78, 5) is 0. The molecule has 21 heavy (non-hydrogen) atoms. The molecule has 3 rings (SSSR count). The van der Waals surface area contributed by atoms with Crippen LogP contribution in [0.25, 0.3) is 0 Å². The van der Waals surface area contributed by atoms with E-state index in [9.17, 15) is 13.9 Å². The van der Waals surface area contributed by atoms with E-state index in [2.05, 4.69) is 0 Å². The summed E-state index contributed by atoms with van der Waals surface area (Å²) in [7, 11) is 0. The second kappa shape index (κ2) is 5.57. The van der Waals surface area contributed by atoms with Gasteiger partial charge in [0, 0.05) is 0 Å². The van der Waals surface area contributed by atoms with Crippen molar-refractivity contribution in [2.45, 2.75) is 6.10 Å². The molecule has 4 nitrogen and oxygen atoms in total. The molecule has 1 atom stereocenters. The van der Waals surface area contributed by atoms with Crippen molar-refractivity contribution < 1.29 is 28.1 Å². The Kier molecular flexibility index (Phi) is 3.62. The van der Waals surface area contributed by atoms with Gasteiger partial charge in [0.25, 0.3) is 0 Å². The van der Waals surface area contributed by atoms with Crippen molar-refractivity contribution in [1.82, 2.24) is 0 Å². The highest BCUT2D eigenvalue weighted by molar-refractivity contribution is 5.45. The molecule has 0 fully saturated rings. The molecule has 1 heterocycles. The molecule has 0 radical (unpaired) electrons.